The van der Waals surface area contributed by atoms with Crippen molar-refractivity contribution in [3.63, 3.8) is 0 Å². The summed E-state index contributed by atoms with van der Waals surface area (Å²) in [6, 6.07) is 3.60. The minimum atomic E-state index is -0.899. The number of carboxylic acids is 1. The monoisotopic (exact) mass is 234 g/mol. The summed E-state index contributed by atoms with van der Waals surface area (Å²) in [6.07, 6.45) is 0.430. The molecule has 2 rings (SSSR count). The number of carbonyl (C=O) groups is 2. The number of hydrogen-bond acceptors (Lipinski definition) is 3. The van der Waals surface area contributed by atoms with Crippen molar-refractivity contribution in [1.82, 2.24) is 4.98 Å². The molecule has 0 aliphatic heterocycles. The summed E-state index contributed by atoms with van der Waals surface area (Å²) in [5, 5.41) is 11.5. The Morgan fingerprint density at radius 3 is 2.59 bits per heavy atom. The van der Waals surface area contributed by atoms with Gasteiger partial charge in [0.05, 0.1) is 23.2 Å². The van der Waals surface area contributed by atoms with Crippen LogP contribution in [-0.4, -0.2) is 22.0 Å². The molecule has 1 saturated carbocycles. The first kappa shape index (κ1) is 11.6. The molecule has 17 heavy (non-hydrogen) atoms. The molecular formula is C12H14N2O3. The summed E-state index contributed by atoms with van der Waals surface area (Å²) in [4.78, 5) is 26.6. The van der Waals surface area contributed by atoms with E-state index in [4.69, 9.17) is 5.11 Å². The van der Waals surface area contributed by atoms with E-state index in [1.165, 1.54) is 0 Å². The summed E-state index contributed by atoms with van der Waals surface area (Å²) >= 11 is 0. The maximum absolute atomic E-state index is 11.7. The summed E-state index contributed by atoms with van der Waals surface area (Å²) in [6.45, 7) is 3.68. The van der Waals surface area contributed by atoms with Gasteiger partial charge in [-0.3, -0.25) is 14.6 Å². The minimum Gasteiger partial charge on any atom is -0.481 e. The van der Waals surface area contributed by atoms with Gasteiger partial charge in [0.1, 0.15) is 0 Å². The van der Waals surface area contributed by atoms with Crippen molar-refractivity contribution in [1.29, 1.82) is 0 Å². The molecule has 0 aromatic carbocycles. The van der Waals surface area contributed by atoms with Crippen LogP contribution in [0.3, 0.4) is 0 Å². The largest absolute Gasteiger partial charge is 0.481 e. The molecule has 0 radical (unpaired) electrons. The van der Waals surface area contributed by atoms with Crippen molar-refractivity contribution in [2.45, 2.75) is 20.3 Å². The molecule has 5 nitrogen and oxygen atoms in total. The molecular weight excluding hydrogens is 220 g/mol. The molecule has 0 saturated heterocycles. The average molecular weight is 234 g/mol. The van der Waals surface area contributed by atoms with E-state index in [0.717, 1.165) is 11.4 Å². The lowest BCUT2D eigenvalue weighted by atomic mass is 10.2. The SMILES string of the molecule is Cc1ccc(NC(=O)C2CC2C(=O)O)c(C)n1. The van der Waals surface area contributed by atoms with Crippen LogP contribution in [0.4, 0.5) is 5.69 Å². The summed E-state index contributed by atoms with van der Waals surface area (Å²) < 4.78 is 0. The van der Waals surface area contributed by atoms with Crippen molar-refractivity contribution < 1.29 is 14.7 Å². The predicted octanol–water partition coefficient (Wildman–Crippen LogP) is 1.36. The minimum absolute atomic E-state index is 0.230. The fraction of sp³-hybridized carbons (Fsp3) is 0.417. The topological polar surface area (TPSA) is 79.3 Å². The lowest BCUT2D eigenvalue weighted by Crippen LogP contribution is -2.17. The normalized spacial score (nSPS) is 22.0. The molecule has 0 bridgehead atoms. The highest BCUT2D eigenvalue weighted by atomic mass is 16.4. The third kappa shape index (κ3) is 2.43. The quantitative estimate of drug-likeness (QED) is 0.827. The van der Waals surface area contributed by atoms with Crippen LogP contribution in [0.25, 0.3) is 0 Å². The first-order chi connectivity index (χ1) is 7.99. The number of carbonyl (C=O) groups excluding carboxylic acids is 1. The van der Waals surface area contributed by atoms with Gasteiger partial charge in [-0.25, -0.2) is 0 Å². The second kappa shape index (κ2) is 4.16. The van der Waals surface area contributed by atoms with Crippen LogP contribution in [0.1, 0.15) is 17.8 Å². The zero-order valence-corrected chi connectivity index (χ0v) is 9.73. The third-order valence-corrected chi connectivity index (χ3v) is 2.93. The van der Waals surface area contributed by atoms with Crippen molar-refractivity contribution >= 4 is 17.6 Å². The van der Waals surface area contributed by atoms with E-state index in [1.54, 1.807) is 6.07 Å². The molecule has 1 amide bonds. The maximum atomic E-state index is 11.7. The fourth-order valence-electron chi connectivity index (χ4n) is 1.80. The van der Waals surface area contributed by atoms with Gasteiger partial charge in [-0.15, -0.1) is 0 Å². The molecule has 1 aliphatic rings. The number of nitrogens with zero attached hydrogens (tertiary/aromatic N) is 1. The van der Waals surface area contributed by atoms with E-state index in [2.05, 4.69) is 10.3 Å². The van der Waals surface area contributed by atoms with Crippen molar-refractivity contribution in [2.75, 3.05) is 5.32 Å². The number of rotatable bonds is 3. The van der Waals surface area contributed by atoms with Crippen molar-refractivity contribution in [3.8, 4) is 0 Å². The molecule has 1 aromatic heterocycles. The van der Waals surface area contributed by atoms with E-state index in [9.17, 15) is 9.59 Å². The number of aryl methyl sites for hydroxylation is 2. The first-order valence-electron chi connectivity index (χ1n) is 5.47. The van der Waals surface area contributed by atoms with E-state index in [-0.39, 0.29) is 5.91 Å². The number of hydrogen-bond donors (Lipinski definition) is 2. The van der Waals surface area contributed by atoms with Gasteiger partial charge in [-0.2, -0.15) is 0 Å². The highest BCUT2D eigenvalue weighted by Gasteiger charge is 2.48. The van der Waals surface area contributed by atoms with Crippen molar-refractivity contribution in [3.05, 3.63) is 23.5 Å². The van der Waals surface area contributed by atoms with Gasteiger partial charge < -0.3 is 10.4 Å². The number of amides is 1. The number of pyridine rings is 1. The second-order valence-corrected chi connectivity index (χ2v) is 4.36. The zero-order chi connectivity index (χ0) is 12.6. The van der Waals surface area contributed by atoms with Gasteiger partial charge in [0, 0.05) is 5.69 Å². The lowest BCUT2D eigenvalue weighted by Gasteiger charge is -2.07. The van der Waals surface area contributed by atoms with Crippen LogP contribution in [0, 0.1) is 25.7 Å². The van der Waals surface area contributed by atoms with Crippen LogP contribution >= 0.6 is 0 Å². The molecule has 1 aliphatic carbocycles. The molecule has 1 fully saturated rings. The number of carboxylic acid groups (broad SMARTS) is 1. The highest BCUT2D eigenvalue weighted by molar-refractivity contribution is 5.98. The van der Waals surface area contributed by atoms with E-state index in [0.29, 0.717) is 12.1 Å². The van der Waals surface area contributed by atoms with Gasteiger partial charge in [-0.05, 0) is 32.4 Å². The van der Waals surface area contributed by atoms with Gasteiger partial charge >= 0.3 is 5.97 Å². The summed E-state index contributed by atoms with van der Waals surface area (Å²) in [5.74, 6) is -2.04. The molecule has 2 unspecified atom stereocenters. The standard InChI is InChI=1S/C12H14N2O3/c1-6-3-4-10(7(2)13-6)14-11(15)8-5-9(8)12(16)17/h3-4,8-9H,5H2,1-2H3,(H,14,15)(H,16,17). The Hall–Kier alpha value is -1.91. The fourth-order valence-corrected chi connectivity index (χ4v) is 1.80. The average Bonchev–Trinajstić information content (AvgIpc) is 3.01. The third-order valence-electron chi connectivity index (χ3n) is 2.93. The lowest BCUT2D eigenvalue weighted by molar-refractivity contribution is -0.139. The van der Waals surface area contributed by atoms with Crippen LogP contribution in [0.2, 0.25) is 0 Å². The highest BCUT2D eigenvalue weighted by Crippen LogP contribution is 2.39. The molecule has 0 spiro atoms. The van der Waals surface area contributed by atoms with E-state index < -0.39 is 17.8 Å². The first-order valence-corrected chi connectivity index (χ1v) is 5.47. The number of nitrogens with one attached hydrogen (secondary N) is 1. The van der Waals surface area contributed by atoms with Crippen LogP contribution in [0.5, 0.6) is 0 Å². The zero-order valence-electron chi connectivity index (χ0n) is 9.73. The molecule has 1 heterocycles. The number of anilines is 1. The second-order valence-electron chi connectivity index (χ2n) is 4.36. The van der Waals surface area contributed by atoms with Gasteiger partial charge in [0.2, 0.25) is 5.91 Å². The Balaban J connectivity index is 2.02. The smallest absolute Gasteiger partial charge is 0.307 e. The van der Waals surface area contributed by atoms with Gasteiger partial charge in [0.25, 0.3) is 0 Å². The Labute approximate surface area is 98.9 Å². The molecule has 1 aromatic rings. The Bertz CT molecular complexity index is 485. The summed E-state index contributed by atoms with van der Waals surface area (Å²) in [7, 11) is 0. The Morgan fingerprint density at radius 2 is 2.06 bits per heavy atom. The number of aromatic nitrogens is 1. The van der Waals surface area contributed by atoms with Crippen LogP contribution in [0.15, 0.2) is 12.1 Å². The summed E-state index contributed by atoms with van der Waals surface area (Å²) in [5.41, 5.74) is 2.28. The molecule has 90 valence electrons. The van der Waals surface area contributed by atoms with E-state index in [1.807, 2.05) is 19.9 Å². The Morgan fingerprint density at radius 1 is 1.35 bits per heavy atom. The number of aliphatic carboxylic acids is 1. The molecule has 2 atom stereocenters. The van der Waals surface area contributed by atoms with Crippen molar-refractivity contribution in [2.24, 2.45) is 11.8 Å². The Kier molecular flexibility index (Phi) is 2.83. The maximum Gasteiger partial charge on any atom is 0.307 e. The molecule has 5 heteroatoms. The van der Waals surface area contributed by atoms with Crippen LogP contribution < -0.4 is 5.32 Å². The van der Waals surface area contributed by atoms with Gasteiger partial charge in [-0.1, -0.05) is 0 Å². The van der Waals surface area contributed by atoms with E-state index >= 15 is 0 Å². The van der Waals surface area contributed by atoms with Crippen LogP contribution in [-0.2, 0) is 9.59 Å². The predicted molar refractivity (Wildman–Crippen MR) is 61.6 cm³/mol. The molecule has 2 N–H and O–H groups in total. The van der Waals surface area contributed by atoms with Gasteiger partial charge in [0.15, 0.2) is 0 Å².